The first-order chi connectivity index (χ1) is 12.4. The molecule has 26 heavy (non-hydrogen) atoms. The zero-order valence-corrected chi connectivity index (χ0v) is 15.6. The quantitative estimate of drug-likeness (QED) is 0.850. The monoisotopic (exact) mass is 399 g/mol. The first-order valence-corrected chi connectivity index (χ1v) is 10.4. The Bertz CT molecular complexity index is 904. The van der Waals surface area contributed by atoms with Gasteiger partial charge in [0.25, 0.3) is 0 Å². The molecule has 2 aliphatic heterocycles. The highest BCUT2D eigenvalue weighted by Crippen LogP contribution is 2.31. The van der Waals surface area contributed by atoms with Gasteiger partial charge in [0.2, 0.25) is 10.0 Å². The lowest BCUT2D eigenvalue weighted by atomic mass is 9.97. The smallest absolute Gasteiger partial charge is 0.243 e. The Morgan fingerprint density at radius 2 is 1.92 bits per heavy atom. The molecule has 1 N–H and O–H groups in total. The molecule has 0 aliphatic carbocycles. The minimum atomic E-state index is -3.76. The van der Waals surface area contributed by atoms with Crippen LogP contribution >= 0.6 is 11.6 Å². The first kappa shape index (κ1) is 17.8. The number of benzene rings is 1. The van der Waals surface area contributed by atoms with Crippen LogP contribution in [0.1, 0.15) is 30.4 Å². The van der Waals surface area contributed by atoms with Gasteiger partial charge >= 0.3 is 0 Å². The average molecular weight is 400 g/mol. The molecule has 3 heterocycles. The third-order valence-electron chi connectivity index (χ3n) is 4.94. The van der Waals surface area contributed by atoms with Gasteiger partial charge in [-0.3, -0.25) is 0 Å². The summed E-state index contributed by atoms with van der Waals surface area (Å²) in [6.07, 6.45) is 1.32. The minimum absolute atomic E-state index is 0.0714. The molecule has 0 unspecified atom stereocenters. The van der Waals surface area contributed by atoms with Gasteiger partial charge in [-0.05, 0) is 31.0 Å². The van der Waals surface area contributed by atoms with E-state index in [-0.39, 0.29) is 15.8 Å². The number of rotatable bonds is 3. The summed E-state index contributed by atoms with van der Waals surface area (Å²) in [5.74, 6) is 1.38. The average Bonchev–Trinajstić information content (AvgIpc) is 3.05. The van der Waals surface area contributed by atoms with E-state index in [9.17, 15) is 12.8 Å². The molecule has 0 saturated carbocycles. The van der Waals surface area contributed by atoms with Crippen molar-refractivity contribution in [1.82, 2.24) is 24.4 Å². The molecular weight excluding hydrogens is 381 g/mol. The molecule has 0 atom stereocenters. The van der Waals surface area contributed by atoms with E-state index >= 15 is 0 Å². The van der Waals surface area contributed by atoms with Crippen LogP contribution in [0.2, 0.25) is 5.02 Å². The van der Waals surface area contributed by atoms with E-state index < -0.39 is 15.8 Å². The summed E-state index contributed by atoms with van der Waals surface area (Å²) in [4.78, 5) is -0.105. The number of nitrogens with one attached hydrogen (secondary N) is 1. The molecule has 0 spiro atoms. The predicted molar refractivity (Wildman–Crippen MR) is 93.9 cm³/mol. The van der Waals surface area contributed by atoms with Gasteiger partial charge in [0.05, 0.1) is 11.4 Å². The Balaban J connectivity index is 1.50. The number of nitrogens with zero attached hydrogens (tertiary/aromatic N) is 4. The highest BCUT2D eigenvalue weighted by atomic mass is 35.5. The second-order valence-corrected chi connectivity index (χ2v) is 8.96. The molecule has 1 aromatic carbocycles. The number of sulfonamides is 1. The van der Waals surface area contributed by atoms with Crippen molar-refractivity contribution in [2.45, 2.75) is 36.7 Å². The molecule has 0 radical (unpaired) electrons. The van der Waals surface area contributed by atoms with Crippen molar-refractivity contribution in [2.24, 2.45) is 0 Å². The van der Waals surface area contributed by atoms with Crippen molar-refractivity contribution in [3.63, 3.8) is 0 Å². The number of fused-ring (bicyclic) bond motifs is 1. The molecule has 1 fully saturated rings. The molecule has 1 aromatic heterocycles. The second-order valence-electron chi connectivity index (χ2n) is 6.59. The summed E-state index contributed by atoms with van der Waals surface area (Å²) < 4.78 is 42.6. The number of aromatic nitrogens is 3. The van der Waals surface area contributed by atoms with Crippen molar-refractivity contribution >= 4 is 21.6 Å². The van der Waals surface area contributed by atoms with Gasteiger partial charge in [0.15, 0.2) is 0 Å². The number of hydrogen-bond donors (Lipinski definition) is 1. The zero-order valence-electron chi connectivity index (χ0n) is 14.0. The van der Waals surface area contributed by atoms with E-state index in [2.05, 4.69) is 20.1 Å². The van der Waals surface area contributed by atoms with Crippen LogP contribution < -0.4 is 5.32 Å². The summed E-state index contributed by atoms with van der Waals surface area (Å²) in [5, 5.41) is 11.9. The fraction of sp³-hybridized carbons (Fsp3) is 0.500. The predicted octanol–water partition coefficient (Wildman–Crippen LogP) is 1.74. The van der Waals surface area contributed by atoms with Gasteiger partial charge in [0.1, 0.15) is 17.5 Å². The van der Waals surface area contributed by atoms with Crippen molar-refractivity contribution in [1.29, 1.82) is 0 Å². The van der Waals surface area contributed by atoms with E-state index in [0.29, 0.717) is 32.5 Å². The highest BCUT2D eigenvalue weighted by molar-refractivity contribution is 7.89. The second kappa shape index (κ2) is 6.88. The first-order valence-electron chi connectivity index (χ1n) is 8.54. The van der Waals surface area contributed by atoms with Crippen LogP contribution in [0.3, 0.4) is 0 Å². The van der Waals surface area contributed by atoms with Crippen molar-refractivity contribution in [3.8, 4) is 0 Å². The van der Waals surface area contributed by atoms with Crippen LogP contribution in [0.4, 0.5) is 4.39 Å². The Kier molecular flexibility index (Phi) is 4.72. The largest absolute Gasteiger partial charge is 0.312 e. The Labute approximate surface area is 156 Å². The summed E-state index contributed by atoms with van der Waals surface area (Å²) >= 11 is 5.81. The molecule has 0 bridgehead atoms. The van der Waals surface area contributed by atoms with Crippen LogP contribution in [-0.2, 0) is 23.1 Å². The Morgan fingerprint density at radius 1 is 1.15 bits per heavy atom. The lowest BCUT2D eigenvalue weighted by Crippen LogP contribution is -2.39. The fourth-order valence-corrected chi connectivity index (χ4v) is 5.41. The molecule has 4 rings (SSSR count). The van der Waals surface area contributed by atoms with E-state index in [1.807, 2.05) is 0 Å². The third kappa shape index (κ3) is 3.24. The molecule has 7 nitrogen and oxygen atoms in total. The molecule has 2 aliphatic rings. The fourth-order valence-electron chi connectivity index (χ4n) is 3.60. The maximum atomic E-state index is 13.5. The summed E-state index contributed by atoms with van der Waals surface area (Å²) in [6, 6.07) is 3.39. The number of hydrogen-bond acceptors (Lipinski definition) is 5. The van der Waals surface area contributed by atoms with E-state index in [0.717, 1.165) is 36.9 Å². The number of piperidine rings is 1. The topological polar surface area (TPSA) is 80.1 Å². The summed E-state index contributed by atoms with van der Waals surface area (Å²) in [6.45, 7) is 3.15. The van der Waals surface area contributed by atoms with E-state index in [1.54, 1.807) is 0 Å². The number of halogens is 2. The molecule has 2 aromatic rings. The van der Waals surface area contributed by atoms with E-state index in [4.69, 9.17) is 11.6 Å². The van der Waals surface area contributed by atoms with Crippen LogP contribution in [0.25, 0.3) is 0 Å². The van der Waals surface area contributed by atoms with Crippen molar-refractivity contribution < 1.29 is 12.8 Å². The maximum absolute atomic E-state index is 13.5. The zero-order chi connectivity index (χ0) is 18.3. The standard InChI is InChI=1S/C16H19ClFN5O2S/c17-12-7-13(18)9-14(8-12)26(24,25)22-4-1-11(2-5-22)16-21-20-15-10-19-3-6-23(15)16/h7-9,11,19H,1-6,10H2. The van der Waals surface area contributed by atoms with Gasteiger partial charge < -0.3 is 9.88 Å². The van der Waals surface area contributed by atoms with Gasteiger partial charge in [0, 0.05) is 37.1 Å². The molecule has 0 amide bonds. The lowest BCUT2D eigenvalue weighted by Gasteiger charge is -2.31. The van der Waals surface area contributed by atoms with Gasteiger partial charge in [-0.25, -0.2) is 12.8 Å². The third-order valence-corrected chi connectivity index (χ3v) is 7.04. The summed E-state index contributed by atoms with van der Waals surface area (Å²) in [7, 11) is -3.76. The van der Waals surface area contributed by atoms with Crippen LogP contribution in [0.15, 0.2) is 23.1 Å². The van der Waals surface area contributed by atoms with Crippen LogP contribution in [-0.4, -0.2) is 47.1 Å². The van der Waals surface area contributed by atoms with Gasteiger partial charge in [-0.1, -0.05) is 11.6 Å². The Morgan fingerprint density at radius 3 is 2.65 bits per heavy atom. The van der Waals surface area contributed by atoms with Crippen LogP contribution in [0, 0.1) is 5.82 Å². The van der Waals surface area contributed by atoms with Crippen molar-refractivity contribution in [2.75, 3.05) is 19.6 Å². The highest BCUT2D eigenvalue weighted by Gasteiger charge is 2.33. The Hall–Kier alpha value is -1.55. The van der Waals surface area contributed by atoms with Gasteiger partial charge in [-0.15, -0.1) is 10.2 Å². The molecule has 140 valence electrons. The minimum Gasteiger partial charge on any atom is -0.312 e. The summed E-state index contributed by atoms with van der Waals surface area (Å²) in [5.41, 5.74) is 0. The maximum Gasteiger partial charge on any atom is 0.243 e. The SMILES string of the molecule is O=S(=O)(c1cc(F)cc(Cl)c1)N1CCC(c2nnc3n2CCNC3)CC1. The van der Waals surface area contributed by atoms with E-state index in [1.165, 1.54) is 10.4 Å². The molecular formula is C16H19ClFN5O2S. The van der Waals surface area contributed by atoms with Gasteiger partial charge in [-0.2, -0.15) is 4.31 Å². The van der Waals surface area contributed by atoms with Crippen molar-refractivity contribution in [3.05, 3.63) is 40.7 Å². The molecule has 10 heteroatoms. The van der Waals surface area contributed by atoms with Crippen LogP contribution in [0.5, 0.6) is 0 Å². The molecule has 1 saturated heterocycles. The lowest BCUT2D eigenvalue weighted by molar-refractivity contribution is 0.307. The normalized spacial score (nSPS) is 19.5.